The Labute approximate surface area is 283 Å². The number of likely N-dealkylation sites (tertiary alicyclic amines) is 2. The van der Waals surface area contributed by atoms with E-state index in [0.29, 0.717) is 34.7 Å². The average Bonchev–Trinajstić information content (AvgIpc) is 3.42. The van der Waals surface area contributed by atoms with E-state index in [1.165, 1.54) is 6.33 Å². The third-order valence-corrected chi connectivity index (χ3v) is 10.4. The van der Waals surface area contributed by atoms with Crippen LogP contribution in [-0.4, -0.2) is 85.2 Å². The van der Waals surface area contributed by atoms with Crippen LogP contribution in [0.3, 0.4) is 0 Å². The number of nitrogen functional groups attached to an aromatic ring is 1. The van der Waals surface area contributed by atoms with Crippen LogP contribution in [-0.2, 0) is 0 Å². The van der Waals surface area contributed by atoms with Crippen molar-refractivity contribution in [2.75, 3.05) is 49.9 Å². The van der Waals surface area contributed by atoms with Gasteiger partial charge in [-0.05, 0) is 74.2 Å². The molecule has 0 spiro atoms. The summed E-state index contributed by atoms with van der Waals surface area (Å²) in [6.45, 7) is 5.91. The minimum Gasteiger partial charge on any atom is -0.457 e. The van der Waals surface area contributed by atoms with Gasteiger partial charge in [-0.15, -0.1) is 0 Å². The standard InChI is InChI=1S/C36H39N9O4/c37-34-33-35(39-24-38-34)44(36(46)43(33)27-10-12-32(13-11-27)49-31-4-2-1-3-5-31)28-16-20-40(21-17-28)26-14-18-41(19-15-26)30-22-42(23-30)25-6-8-29(9-7-25)45(47)48/h1-13,24,26,28,30H,14-23H2,(H2,37,38,39). The lowest BCUT2D eigenvalue weighted by atomic mass is 9.95. The summed E-state index contributed by atoms with van der Waals surface area (Å²) in [6, 6.07) is 24.9. The number of rotatable bonds is 8. The smallest absolute Gasteiger partial charge is 0.335 e. The molecule has 3 aliphatic heterocycles. The van der Waals surface area contributed by atoms with Crippen molar-refractivity contribution < 1.29 is 9.66 Å². The topological polar surface area (TPSA) is 141 Å². The van der Waals surface area contributed by atoms with Gasteiger partial charge in [0.05, 0.1) is 10.6 Å². The molecule has 0 unspecified atom stereocenters. The van der Waals surface area contributed by atoms with E-state index >= 15 is 0 Å². The van der Waals surface area contributed by atoms with Gasteiger partial charge in [0.1, 0.15) is 23.3 Å². The van der Waals surface area contributed by atoms with Gasteiger partial charge in [-0.25, -0.2) is 14.8 Å². The minimum absolute atomic E-state index is 0.0166. The number of imidazole rings is 1. The number of fused-ring (bicyclic) bond motifs is 1. The summed E-state index contributed by atoms with van der Waals surface area (Å²) in [5.74, 6) is 1.69. The summed E-state index contributed by atoms with van der Waals surface area (Å²) in [7, 11) is 0. The maximum Gasteiger partial charge on any atom is 0.335 e. The van der Waals surface area contributed by atoms with E-state index in [-0.39, 0.29) is 28.2 Å². The number of nitro groups is 1. The van der Waals surface area contributed by atoms with Crippen molar-refractivity contribution in [3.63, 3.8) is 0 Å². The maximum atomic E-state index is 14.1. The number of nitro benzene ring substituents is 1. The zero-order chi connectivity index (χ0) is 33.5. The van der Waals surface area contributed by atoms with Crippen molar-refractivity contribution in [3.05, 3.63) is 106 Å². The summed E-state index contributed by atoms with van der Waals surface area (Å²) in [4.78, 5) is 41.0. The molecule has 3 aliphatic rings. The third kappa shape index (κ3) is 6.00. The van der Waals surface area contributed by atoms with E-state index < -0.39 is 0 Å². The lowest BCUT2D eigenvalue weighted by Gasteiger charge is -2.50. The first-order valence-electron chi connectivity index (χ1n) is 17.0. The van der Waals surface area contributed by atoms with Crippen LogP contribution in [0.25, 0.3) is 16.9 Å². The highest BCUT2D eigenvalue weighted by atomic mass is 16.6. The molecule has 0 radical (unpaired) electrons. The molecule has 13 heteroatoms. The summed E-state index contributed by atoms with van der Waals surface area (Å²) < 4.78 is 9.41. The summed E-state index contributed by atoms with van der Waals surface area (Å²) in [5.41, 5.74) is 9.16. The van der Waals surface area contributed by atoms with Crippen molar-refractivity contribution in [1.82, 2.24) is 28.9 Å². The summed E-state index contributed by atoms with van der Waals surface area (Å²) in [6.07, 6.45) is 5.42. The molecule has 0 atom stereocenters. The molecule has 0 saturated carbocycles. The third-order valence-electron chi connectivity index (χ3n) is 10.4. The first-order valence-corrected chi connectivity index (χ1v) is 17.0. The second kappa shape index (κ2) is 13.0. The molecule has 2 N–H and O–H groups in total. The Kier molecular flexibility index (Phi) is 8.22. The number of para-hydroxylation sites is 1. The highest BCUT2D eigenvalue weighted by Crippen LogP contribution is 2.32. The zero-order valence-corrected chi connectivity index (χ0v) is 27.2. The predicted octanol–water partition coefficient (Wildman–Crippen LogP) is 4.86. The number of aromatic nitrogens is 4. The van der Waals surface area contributed by atoms with Gasteiger partial charge < -0.3 is 20.3 Å². The molecular weight excluding hydrogens is 622 g/mol. The number of ether oxygens (including phenoxy) is 1. The number of nitrogens with two attached hydrogens (primary N) is 1. The van der Waals surface area contributed by atoms with Gasteiger partial charge in [0, 0.05) is 75.2 Å². The number of benzene rings is 3. The zero-order valence-electron chi connectivity index (χ0n) is 27.2. The minimum atomic E-state index is -0.358. The highest BCUT2D eigenvalue weighted by Gasteiger charge is 2.36. The van der Waals surface area contributed by atoms with Crippen LogP contribution in [0.4, 0.5) is 17.2 Å². The first-order chi connectivity index (χ1) is 23.9. The summed E-state index contributed by atoms with van der Waals surface area (Å²) in [5, 5.41) is 11.0. The van der Waals surface area contributed by atoms with Gasteiger partial charge in [0.2, 0.25) is 0 Å². The molecule has 3 aromatic carbocycles. The molecule has 8 rings (SSSR count). The normalized spacial score (nSPS) is 18.5. The van der Waals surface area contributed by atoms with Crippen LogP contribution in [0.15, 0.2) is 90.0 Å². The van der Waals surface area contributed by atoms with Gasteiger partial charge in [-0.2, -0.15) is 0 Å². The number of hydrogen-bond acceptors (Lipinski definition) is 10. The number of anilines is 2. The largest absolute Gasteiger partial charge is 0.457 e. The van der Waals surface area contributed by atoms with Crippen molar-refractivity contribution >= 4 is 28.4 Å². The maximum absolute atomic E-state index is 14.1. The Hall–Kier alpha value is -5.27. The molecule has 3 fully saturated rings. The number of nitrogens with zero attached hydrogens (tertiary/aromatic N) is 8. The molecule has 5 aromatic rings. The molecule has 0 amide bonds. The van der Waals surface area contributed by atoms with Gasteiger partial charge in [0.25, 0.3) is 5.69 Å². The second-order valence-electron chi connectivity index (χ2n) is 13.2. The fourth-order valence-electron chi connectivity index (χ4n) is 7.73. The van der Waals surface area contributed by atoms with E-state index in [9.17, 15) is 14.9 Å². The van der Waals surface area contributed by atoms with Crippen molar-refractivity contribution in [2.45, 2.75) is 43.8 Å². The molecular formula is C36H39N9O4. The number of piperidine rings is 2. The van der Waals surface area contributed by atoms with E-state index in [4.69, 9.17) is 10.5 Å². The Morgan fingerprint density at radius 2 is 1.33 bits per heavy atom. The quantitative estimate of drug-likeness (QED) is 0.181. The van der Waals surface area contributed by atoms with Crippen LogP contribution in [0.2, 0.25) is 0 Å². The Balaban J connectivity index is 0.897. The highest BCUT2D eigenvalue weighted by molar-refractivity contribution is 5.84. The van der Waals surface area contributed by atoms with Crippen LogP contribution in [0.1, 0.15) is 31.7 Å². The Morgan fingerprint density at radius 3 is 1.98 bits per heavy atom. The van der Waals surface area contributed by atoms with Crippen LogP contribution < -0.4 is 21.1 Å². The number of non-ortho nitro benzene ring substituents is 1. The molecule has 49 heavy (non-hydrogen) atoms. The fraction of sp³-hybridized carbons (Fsp3) is 0.361. The molecule has 252 valence electrons. The molecule has 13 nitrogen and oxygen atoms in total. The Morgan fingerprint density at radius 1 is 0.735 bits per heavy atom. The summed E-state index contributed by atoms with van der Waals surface area (Å²) >= 11 is 0. The van der Waals surface area contributed by atoms with Gasteiger partial charge in [-0.3, -0.25) is 24.1 Å². The van der Waals surface area contributed by atoms with Gasteiger partial charge in [0.15, 0.2) is 11.5 Å². The first kappa shape index (κ1) is 31.0. The predicted molar refractivity (Wildman–Crippen MR) is 188 cm³/mol. The van der Waals surface area contributed by atoms with Crippen molar-refractivity contribution in [3.8, 4) is 17.2 Å². The van der Waals surface area contributed by atoms with E-state index in [0.717, 1.165) is 76.4 Å². The molecule has 2 aromatic heterocycles. The number of hydrogen-bond donors (Lipinski definition) is 1. The average molecular weight is 662 g/mol. The van der Waals surface area contributed by atoms with Crippen LogP contribution >= 0.6 is 0 Å². The molecule has 0 bridgehead atoms. The molecule has 3 saturated heterocycles. The van der Waals surface area contributed by atoms with Gasteiger partial charge >= 0.3 is 5.69 Å². The second-order valence-corrected chi connectivity index (χ2v) is 13.2. The van der Waals surface area contributed by atoms with Gasteiger partial charge in [-0.1, -0.05) is 18.2 Å². The van der Waals surface area contributed by atoms with Crippen LogP contribution in [0, 0.1) is 10.1 Å². The SMILES string of the molecule is Nc1ncnc2c1n(-c1ccc(Oc3ccccc3)cc1)c(=O)n2C1CCN(C2CCN(C3CN(c4ccc([N+](=O)[O-])cc4)C3)CC2)CC1. The monoisotopic (exact) mass is 661 g/mol. The van der Waals surface area contributed by atoms with Crippen LogP contribution in [0.5, 0.6) is 11.5 Å². The van der Waals surface area contributed by atoms with Crippen molar-refractivity contribution in [2.24, 2.45) is 0 Å². The van der Waals surface area contributed by atoms with E-state index in [1.54, 1.807) is 16.7 Å². The Bertz CT molecular complexity index is 1990. The molecule has 0 aliphatic carbocycles. The molecule has 5 heterocycles. The fourth-order valence-corrected chi connectivity index (χ4v) is 7.73. The lowest BCUT2D eigenvalue weighted by molar-refractivity contribution is -0.384. The lowest BCUT2D eigenvalue weighted by Crippen LogP contribution is -2.62. The van der Waals surface area contributed by atoms with Crippen molar-refractivity contribution in [1.29, 1.82) is 0 Å². The van der Waals surface area contributed by atoms with E-state index in [1.807, 2.05) is 71.3 Å². The van der Waals surface area contributed by atoms with E-state index in [2.05, 4.69) is 24.7 Å².